The van der Waals surface area contributed by atoms with E-state index in [1.54, 1.807) is 19.0 Å². The summed E-state index contributed by atoms with van der Waals surface area (Å²) in [4.78, 5) is 25.1. The lowest BCUT2D eigenvalue weighted by atomic mass is 9.79. The smallest absolute Gasteiger partial charge is 0.228 e. The Bertz CT molecular complexity index is 285. The van der Waals surface area contributed by atoms with Crippen LogP contribution in [0.4, 0.5) is 0 Å². The van der Waals surface area contributed by atoms with E-state index >= 15 is 0 Å². The molecular formula is C12H23N3O2. The number of nitrogens with zero attached hydrogens (tertiary/aromatic N) is 1. The number of hydrogen-bond acceptors (Lipinski definition) is 3. The molecule has 1 aliphatic rings. The fraction of sp³-hybridized carbons (Fsp3) is 0.833. The lowest BCUT2D eigenvalue weighted by Crippen LogP contribution is -2.47. The van der Waals surface area contributed by atoms with Crippen LogP contribution in [0.2, 0.25) is 0 Å². The Morgan fingerprint density at radius 1 is 1.35 bits per heavy atom. The maximum Gasteiger partial charge on any atom is 0.228 e. The Hall–Kier alpha value is -1.10. The summed E-state index contributed by atoms with van der Waals surface area (Å²) in [5.41, 5.74) is -0.261. The van der Waals surface area contributed by atoms with Crippen LogP contribution >= 0.6 is 0 Å². The molecule has 0 unspecified atom stereocenters. The van der Waals surface area contributed by atoms with Gasteiger partial charge in [-0.25, -0.2) is 0 Å². The number of amides is 2. The van der Waals surface area contributed by atoms with Gasteiger partial charge in [0.05, 0.1) is 0 Å². The molecule has 1 saturated heterocycles. The highest BCUT2D eigenvalue weighted by molar-refractivity contribution is 5.83. The number of carbonyl (C=O) groups is 2. The molecule has 1 fully saturated rings. The SMILES string of the molecule is CNC(=O)CCN(C)C(=O)C1(C)CCNCC1. The second-order valence-electron chi connectivity index (χ2n) is 4.96. The zero-order valence-electron chi connectivity index (χ0n) is 11.0. The molecule has 0 aliphatic carbocycles. The molecule has 5 nitrogen and oxygen atoms in total. The molecule has 0 bridgehead atoms. The summed E-state index contributed by atoms with van der Waals surface area (Å²) in [6.45, 7) is 4.30. The van der Waals surface area contributed by atoms with Gasteiger partial charge in [-0.3, -0.25) is 9.59 Å². The lowest BCUT2D eigenvalue weighted by Gasteiger charge is -2.35. The minimum Gasteiger partial charge on any atom is -0.359 e. The summed E-state index contributed by atoms with van der Waals surface area (Å²) in [5.74, 6) is 0.128. The van der Waals surface area contributed by atoms with E-state index in [1.807, 2.05) is 6.92 Å². The molecule has 0 spiro atoms. The minimum absolute atomic E-state index is 0.0277. The molecule has 1 aliphatic heterocycles. The van der Waals surface area contributed by atoms with Crippen molar-refractivity contribution in [3.8, 4) is 0 Å². The minimum atomic E-state index is -0.261. The van der Waals surface area contributed by atoms with Crippen molar-refractivity contribution in [2.45, 2.75) is 26.2 Å². The predicted octanol–water partition coefficient (Wildman–Crippen LogP) is -0.0294. The second kappa shape index (κ2) is 6.00. The van der Waals surface area contributed by atoms with E-state index in [-0.39, 0.29) is 17.2 Å². The molecule has 98 valence electrons. The zero-order chi connectivity index (χ0) is 12.9. The lowest BCUT2D eigenvalue weighted by molar-refractivity contribution is -0.141. The number of hydrogen-bond donors (Lipinski definition) is 2. The summed E-state index contributed by atoms with van der Waals surface area (Å²) in [5, 5.41) is 5.82. The average molecular weight is 241 g/mol. The van der Waals surface area contributed by atoms with Gasteiger partial charge in [0.25, 0.3) is 0 Å². The summed E-state index contributed by atoms with van der Waals surface area (Å²) in [6.07, 6.45) is 2.11. The highest BCUT2D eigenvalue weighted by Crippen LogP contribution is 2.29. The standard InChI is InChI=1S/C12H23N3O2/c1-12(5-7-14-8-6-12)11(17)15(3)9-4-10(16)13-2/h14H,4-9H2,1-3H3,(H,13,16). The maximum absolute atomic E-state index is 12.3. The Morgan fingerprint density at radius 2 is 1.94 bits per heavy atom. The van der Waals surface area contributed by atoms with E-state index in [0.717, 1.165) is 25.9 Å². The van der Waals surface area contributed by atoms with Gasteiger partial charge < -0.3 is 15.5 Å². The van der Waals surface area contributed by atoms with Gasteiger partial charge >= 0.3 is 0 Å². The highest BCUT2D eigenvalue weighted by atomic mass is 16.2. The maximum atomic E-state index is 12.3. The molecule has 2 N–H and O–H groups in total. The summed E-state index contributed by atoms with van der Waals surface area (Å²) in [7, 11) is 3.39. The topological polar surface area (TPSA) is 61.4 Å². The van der Waals surface area contributed by atoms with Crippen molar-refractivity contribution in [2.75, 3.05) is 33.7 Å². The fourth-order valence-corrected chi connectivity index (χ4v) is 2.15. The first kappa shape index (κ1) is 14.0. The van der Waals surface area contributed by atoms with Gasteiger partial charge in [0.15, 0.2) is 0 Å². The zero-order valence-corrected chi connectivity index (χ0v) is 11.0. The summed E-state index contributed by atoms with van der Waals surface area (Å²) in [6, 6.07) is 0. The van der Waals surface area contributed by atoms with Gasteiger partial charge in [-0.1, -0.05) is 6.92 Å². The van der Waals surface area contributed by atoms with Crippen molar-refractivity contribution in [3.05, 3.63) is 0 Å². The number of carbonyl (C=O) groups excluding carboxylic acids is 2. The van der Waals surface area contributed by atoms with E-state index in [0.29, 0.717) is 13.0 Å². The first-order chi connectivity index (χ1) is 7.99. The van der Waals surface area contributed by atoms with Gasteiger partial charge in [0, 0.05) is 32.5 Å². The van der Waals surface area contributed by atoms with Crippen molar-refractivity contribution in [1.29, 1.82) is 0 Å². The number of rotatable bonds is 4. The molecule has 0 aromatic carbocycles. The molecule has 1 heterocycles. The van der Waals surface area contributed by atoms with Gasteiger partial charge in [-0.2, -0.15) is 0 Å². The van der Waals surface area contributed by atoms with Crippen molar-refractivity contribution >= 4 is 11.8 Å². The Kier molecular flexibility index (Phi) is 4.93. The van der Waals surface area contributed by atoms with E-state index in [2.05, 4.69) is 10.6 Å². The number of nitrogens with one attached hydrogen (secondary N) is 2. The normalized spacial score (nSPS) is 18.5. The van der Waals surface area contributed by atoms with Gasteiger partial charge in [0.1, 0.15) is 0 Å². The van der Waals surface area contributed by atoms with Crippen LogP contribution in [-0.2, 0) is 9.59 Å². The van der Waals surface area contributed by atoms with E-state index in [4.69, 9.17) is 0 Å². The van der Waals surface area contributed by atoms with E-state index in [9.17, 15) is 9.59 Å². The third kappa shape index (κ3) is 3.70. The first-order valence-electron chi connectivity index (χ1n) is 6.16. The average Bonchev–Trinajstić information content (AvgIpc) is 2.35. The van der Waals surface area contributed by atoms with Crippen LogP contribution < -0.4 is 10.6 Å². The molecular weight excluding hydrogens is 218 g/mol. The largest absolute Gasteiger partial charge is 0.359 e. The molecule has 17 heavy (non-hydrogen) atoms. The number of piperidine rings is 1. The Morgan fingerprint density at radius 3 is 2.47 bits per heavy atom. The predicted molar refractivity (Wildman–Crippen MR) is 66.5 cm³/mol. The Labute approximate surface area is 103 Å². The van der Waals surface area contributed by atoms with Crippen LogP contribution in [0.5, 0.6) is 0 Å². The van der Waals surface area contributed by atoms with Crippen LogP contribution in [0.1, 0.15) is 26.2 Å². The van der Waals surface area contributed by atoms with Crippen LogP contribution in [0, 0.1) is 5.41 Å². The fourth-order valence-electron chi connectivity index (χ4n) is 2.15. The van der Waals surface area contributed by atoms with E-state index < -0.39 is 0 Å². The van der Waals surface area contributed by atoms with Crippen LogP contribution in [0.25, 0.3) is 0 Å². The molecule has 0 atom stereocenters. The van der Waals surface area contributed by atoms with Gasteiger partial charge in [0.2, 0.25) is 11.8 Å². The van der Waals surface area contributed by atoms with Crippen molar-refractivity contribution in [1.82, 2.24) is 15.5 Å². The molecule has 5 heteroatoms. The molecule has 1 rings (SSSR count). The first-order valence-corrected chi connectivity index (χ1v) is 6.16. The molecule has 2 amide bonds. The third-order valence-electron chi connectivity index (χ3n) is 3.52. The molecule has 0 aromatic rings. The Balaban J connectivity index is 2.47. The van der Waals surface area contributed by atoms with Crippen LogP contribution in [0.15, 0.2) is 0 Å². The van der Waals surface area contributed by atoms with Crippen molar-refractivity contribution in [3.63, 3.8) is 0 Å². The third-order valence-corrected chi connectivity index (χ3v) is 3.52. The van der Waals surface area contributed by atoms with Crippen LogP contribution in [-0.4, -0.2) is 50.4 Å². The summed E-state index contributed by atoms with van der Waals surface area (Å²) < 4.78 is 0. The van der Waals surface area contributed by atoms with Crippen LogP contribution in [0.3, 0.4) is 0 Å². The molecule has 0 saturated carbocycles. The second-order valence-corrected chi connectivity index (χ2v) is 4.96. The molecule has 0 radical (unpaired) electrons. The van der Waals surface area contributed by atoms with E-state index in [1.165, 1.54) is 0 Å². The van der Waals surface area contributed by atoms with Crippen molar-refractivity contribution in [2.24, 2.45) is 5.41 Å². The summed E-state index contributed by atoms with van der Waals surface area (Å²) >= 11 is 0. The highest BCUT2D eigenvalue weighted by Gasteiger charge is 2.36. The molecule has 0 aromatic heterocycles. The van der Waals surface area contributed by atoms with Gasteiger partial charge in [-0.05, 0) is 25.9 Å². The van der Waals surface area contributed by atoms with Crippen molar-refractivity contribution < 1.29 is 9.59 Å². The van der Waals surface area contributed by atoms with Gasteiger partial charge in [-0.15, -0.1) is 0 Å². The monoisotopic (exact) mass is 241 g/mol. The quantitative estimate of drug-likeness (QED) is 0.726.